The van der Waals surface area contributed by atoms with Gasteiger partial charge in [-0.1, -0.05) is 0 Å². The molecule has 0 saturated carbocycles. The molecule has 0 saturated heterocycles. The molecule has 0 N–H and O–H groups in total. The first kappa shape index (κ1) is 14.6. The summed E-state index contributed by atoms with van der Waals surface area (Å²) in [5, 5.41) is 10.9. The molecule has 0 heterocycles. The van der Waals surface area contributed by atoms with Crippen molar-refractivity contribution < 1.29 is 13.8 Å². The first-order valence-corrected chi connectivity index (χ1v) is 8.00. The van der Waals surface area contributed by atoms with Gasteiger partial charge in [-0.05, 0) is 0 Å². The molecule has 1 rings (SSSR count). The van der Waals surface area contributed by atoms with Crippen molar-refractivity contribution in [1.82, 2.24) is 0 Å². The number of nitrogens with zero attached hydrogens (tertiary/aromatic N) is 1. The zero-order chi connectivity index (χ0) is 12.8. The van der Waals surface area contributed by atoms with E-state index in [1.165, 1.54) is 13.2 Å². The second-order valence-corrected chi connectivity index (χ2v) is 7.04. The van der Waals surface area contributed by atoms with Crippen LogP contribution in [0.1, 0.15) is 11.1 Å². The predicted molar refractivity (Wildman–Crippen MR) is 71.2 cm³/mol. The van der Waals surface area contributed by atoms with Gasteiger partial charge < -0.3 is 0 Å². The molecule has 1 aromatic carbocycles. The van der Waals surface area contributed by atoms with Crippen LogP contribution >= 0.6 is 15.8 Å². The van der Waals surface area contributed by atoms with Gasteiger partial charge >= 0.3 is 104 Å². The molecule has 0 radical (unpaired) electrons. The summed E-state index contributed by atoms with van der Waals surface area (Å²) in [6, 6.07) is 4.93. The van der Waals surface area contributed by atoms with E-state index in [2.05, 4.69) is 15.8 Å². The molecule has 17 heavy (non-hydrogen) atoms. The normalized spacial score (nSPS) is 10.1. The maximum absolute atomic E-state index is 10.9. The number of benzene rings is 1. The van der Waals surface area contributed by atoms with E-state index >= 15 is 0 Å². The Kier molecular flexibility index (Phi) is 6.03. The Morgan fingerprint density at radius 1 is 1.53 bits per heavy atom. The van der Waals surface area contributed by atoms with Gasteiger partial charge in [-0.2, -0.15) is 0 Å². The van der Waals surface area contributed by atoms with Gasteiger partial charge in [-0.15, -0.1) is 0 Å². The number of methoxy groups -OCH3 is 1. The average Bonchev–Trinajstić information content (AvgIpc) is 2.27. The molecule has 5 nitrogen and oxygen atoms in total. The van der Waals surface area contributed by atoms with Gasteiger partial charge in [0.1, 0.15) is 0 Å². The van der Waals surface area contributed by atoms with Crippen molar-refractivity contribution in [1.29, 1.82) is 0 Å². The Morgan fingerprint density at radius 2 is 2.24 bits per heavy atom. The van der Waals surface area contributed by atoms with Crippen LogP contribution in [0, 0.1) is 10.1 Å². The summed E-state index contributed by atoms with van der Waals surface area (Å²) in [7, 11) is 8.06. The van der Waals surface area contributed by atoms with Gasteiger partial charge in [0, 0.05) is 0 Å². The molecule has 92 valence electrons. The minimum atomic E-state index is -0.637. The Hall–Kier alpha value is -0.510. The molecule has 0 unspecified atom stereocenters. The van der Waals surface area contributed by atoms with Gasteiger partial charge in [0.05, 0.1) is 0 Å². The molecule has 0 aliphatic carbocycles. The van der Waals surface area contributed by atoms with Crippen LogP contribution in [0.5, 0.6) is 0 Å². The van der Waals surface area contributed by atoms with Crippen LogP contribution in [0.2, 0.25) is 0 Å². The summed E-state index contributed by atoms with van der Waals surface area (Å²) in [6.45, 7) is 0.483. The van der Waals surface area contributed by atoms with Crippen molar-refractivity contribution >= 4 is 30.8 Å². The number of nitro benzene ring substituents is 1. The van der Waals surface area contributed by atoms with Gasteiger partial charge in [0.25, 0.3) is 0 Å². The SMILES string of the molecule is COCc1ccc(COS(#P)=P)cc1[N+](=O)[O-]. The standard InChI is InChI=1S/C9H11NO4P2S/c1-13-6-8-3-2-7(5-14-17(15)16)4-9(8)10(11)12/h2-4,15H,5-6H2,1H3. The Bertz CT molecular complexity index is 543. The third kappa shape index (κ3) is 4.70. The van der Waals surface area contributed by atoms with Crippen molar-refractivity contribution in [2.24, 2.45) is 0 Å². The molecule has 0 bridgehead atoms. The van der Waals surface area contributed by atoms with Crippen LogP contribution in [0.15, 0.2) is 18.2 Å². The molecule has 0 fully saturated rings. The van der Waals surface area contributed by atoms with Crippen molar-refractivity contribution in [3.8, 4) is 0 Å². The van der Waals surface area contributed by atoms with Crippen molar-refractivity contribution in [3.05, 3.63) is 39.4 Å². The molecule has 0 aliphatic heterocycles. The summed E-state index contributed by atoms with van der Waals surface area (Å²) < 4.78 is 10.1. The third-order valence-corrected chi connectivity index (χ3v) is 2.99. The van der Waals surface area contributed by atoms with Crippen LogP contribution in [0.4, 0.5) is 5.69 Å². The summed E-state index contributed by atoms with van der Waals surface area (Å²) in [5.41, 5.74) is 1.31. The van der Waals surface area contributed by atoms with Crippen LogP contribution < -0.4 is 0 Å². The molecule has 0 aromatic heterocycles. The topological polar surface area (TPSA) is 61.6 Å². The number of hydrogen-bond acceptors (Lipinski definition) is 4. The van der Waals surface area contributed by atoms with Crippen LogP contribution in [-0.4, -0.2) is 12.0 Å². The van der Waals surface area contributed by atoms with Crippen molar-refractivity contribution in [2.75, 3.05) is 7.11 Å². The minimum absolute atomic E-state index is 0.0426. The molecular weight excluding hydrogens is 280 g/mol. The molecule has 0 amide bonds. The van der Waals surface area contributed by atoms with Crippen molar-refractivity contribution in [2.45, 2.75) is 13.2 Å². The summed E-state index contributed by atoms with van der Waals surface area (Å²) in [5.74, 6) is 0. The molecule has 0 spiro atoms. The molecule has 0 aliphatic rings. The maximum atomic E-state index is 10.9. The molecule has 1 aromatic rings. The van der Waals surface area contributed by atoms with E-state index in [1.807, 2.05) is 0 Å². The fourth-order valence-corrected chi connectivity index (χ4v) is 1.85. The summed E-state index contributed by atoms with van der Waals surface area (Å²) >= 11 is 0. The van der Waals surface area contributed by atoms with Crippen molar-refractivity contribution in [3.63, 3.8) is 0 Å². The number of nitro groups is 1. The van der Waals surface area contributed by atoms with E-state index in [1.54, 1.807) is 12.1 Å². The van der Waals surface area contributed by atoms with E-state index in [0.717, 1.165) is 5.56 Å². The van der Waals surface area contributed by atoms with E-state index < -0.39 is 14.3 Å². The zero-order valence-electron chi connectivity index (χ0n) is 9.08. The fraction of sp³-hybridized carbons (Fsp3) is 0.333. The Morgan fingerprint density at radius 3 is 2.76 bits per heavy atom. The predicted octanol–water partition coefficient (Wildman–Crippen LogP) is 3.17. The summed E-state index contributed by atoms with van der Waals surface area (Å²) in [4.78, 5) is 10.4. The quantitative estimate of drug-likeness (QED) is 0.475. The van der Waals surface area contributed by atoms with E-state index in [9.17, 15) is 10.1 Å². The van der Waals surface area contributed by atoms with Gasteiger partial charge in [-0.3, -0.25) is 0 Å². The first-order chi connectivity index (χ1) is 8.04. The monoisotopic (exact) mass is 291 g/mol. The molecule has 0 atom stereocenters. The number of ether oxygens (including phenoxy) is 1. The van der Waals surface area contributed by atoms with E-state index in [0.29, 0.717) is 5.56 Å². The Balaban J connectivity index is 2.97. The summed E-state index contributed by atoms with van der Waals surface area (Å²) in [6.07, 6.45) is 0. The Labute approximate surface area is 105 Å². The van der Waals surface area contributed by atoms with Crippen LogP contribution in [0.3, 0.4) is 0 Å². The first-order valence-electron chi connectivity index (χ1n) is 4.57. The van der Waals surface area contributed by atoms with Gasteiger partial charge in [0.15, 0.2) is 0 Å². The fourth-order valence-electron chi connectivity index (χ4n) is 1.27. The molecule has 8 heteroatoms. The number of hydrogen-bond donors (Lipinski definition) is 0. The number of rotatable bonds is 5. The zero-order valence-corrected chi connectivity index (χ0v) is 11.8. The second kappa shape index (κ2) is 7.04. The average molecular weight is 291 g/mol. The molecular formula is C9H11NO4P2S. The second-order valence-electron chi connectivity index (χ2n) is 3.16. The van der Waals surface area contributed by atoms with Gasteiger partial charge in [0.2, 0.25) is 0 Å². The van der Waals surface area contributed by atoms with E-state index in [-0.39, 0.29) is 18.9 Å². The van der Waals surface area contributed by atoms with Gasteiger partial charge in [-0.25, -0.2) is 0 Å². The van der Waals surface area contributed by atoms with E-state index in [4.69, 9.17) is 8.92 Å². The van der Waals surface area contributed by atoms with Crippen LogP contribution in [0.25, 0.3) is 0 Å². The third-order valence-electron chi connectivity index (χ3n) is 1.98. The van der Waals surface area contributed by atoms with Crippen LogP contribution in [-0.2, 0) is 31.5 Å².